The third-order valence-corrected chi connectivity index (χ3v) is 12.9. The molecule has 5 rings (SSSR count). The molecular formula is C30H46O5. The summed E-state index contributed by atoms with van der Waals surface area (Å²) in [5.41, 5.74) is -0.409. The van der Waals surface area contributed by atoms with Crippen LogP contribution in [0.15, 0.2) is 11.6 Å². The van der Waals surface area contributed by atoms with Crippen molar-refractivity contribution in [3.05, 3.63) is 11.6 Å². The van der Waals surface area contributed by atoms with Gasteiger partial charge in [0.2, 0.25) is 0 Å². The van der Waals surface area contributed by atoms with Crippen molar-refractivity contribution in [1.82, 2.24) is 0 Å². The van der Waals surface area contributed by atoms with Crippen LogP contribution in [-0.2, 0) is 9.59 Å². The second-order valence-corrected chi connectivity index (χ2v) is 14.8. The highest BCUT2D eigenvalue weighted by atomic mass is 16.4. The molecule has 35 heavy (non-hydrogen) atoms. The predicted molar refractivity (Wildman–Crippen MR) is 134 cm³/mol. The number of carbonyl (C=O) groups excluding carboxylic acids is 1. The molecule has 196 valence electrons. The van der Waals surface area contributed by atoms with Gasteiger partial charge in [0, 0.05) is 0 Å². The van der Waals surface area contributed by atoms with Crippen molar-refractivity contribution in [2.45, 2.75) is 105 Å². The number of aliphatic carboxylic acids is 1. The smallest absolute Gasteiger partial charge is 0.310 e. The fraction of sp³-hybridized carbons (Fsp3) is 0.867. The first-order chi connectivity index (χ1) is 16.1. The molecule has 0 aromatic carbocycles. The third kappa shape index (κ3) is 3.00. The van der Waals surface area contributed by atoms with Crippen molar-refractivity contribution < 1.29 is 24.9 Å². The summed E-state index contributed by atoms with van der Waals surface area (Å²) in [6, 6.07) is 0. The van der Waals surface area contributed by atoms with Gasteiger partial charge in [0.15, 0.2) is 5.78 Å². The lowest BCUT2D eigenvalue weighted by Gasteiger charge is -2.70. The van der Waals surface area contributed by atoms with Gasteiger partial charge in [0.25, 0.3) is 0 Å². The van der Waals surface area contributed by atoms with Crippen LogP contribution in [0.1, 0.15) is 99.3 Å². The van der Waals surface area contributed by atoms with E-state index in [1.54, 1.807) is 0 Å². The van der Waals surface area contributed by atoms with Crippen molar-refractivity contribution in [3.63, 3.8) is 0 Å². The molecule has 0 radical (unpaired) electrons. The summed E-state index contributed by atoms with van der Waals surface area (Å²) in [7, 11) is 0. The largest absolute Gasteiger partial charge is 0.481 e. The molecule has 0 bridgehead atoms. The molecule has 0 spiro atoms. The van der Waals surface area contributed by atoms with Gasteiger partial charge in [0.05, 0.1) is 17.4 Å². The zero-order valence-corrected chi connectivity index (χ0v) is 22.6. The SMILES string of the molecule is CC1(C)CCC2(C(=O)O)CCC3(C)C(=CCC4C5(C)CC(O)C(=O)C(C)(CO)C5CCC43C)C2C1. The number of allylic oxidation sites excluding steroid dienone is 2. The Morgan fingerprint density at radius 3 is 2.26 bits per heavy atom. The van der Waals surface area contributed by atoms with Crippen LogP contribution in [0, 0.1) is 50.2 Å². The van der Waals surface area contributed by atoms with Crippen molar-refractivity contribution in [1.29, 1.82) is 0 Å². The Morgan fingerprint density at radius 1 is 0.971 bits per heavy atom. The average Bonchev–Trinajstić information content (AvgIpc) is 2.77. The first-order valence-electron chi connectivity index (χ1n) is 13.9. The van der Waals surface area contributed by atoms with E-state index in [9.17, 15) is 24.9 Å². The van der Waals surface area contributed by atoms with Gasteiger partial charge in [0.1, 0.15) is 6.10 Å². The number of aliphatic hydroxyl groups excluding tert-OH is 2. The maximum absolute atomic E-state index is 13.0. The Morgan fingerprint density at radius 2 is 1.63 bits per heavy atom. The highest BCUT2D eigenvalue weighted by Crippen LogP contribution is 2.75. The van der Waals surface area contributed by atoms with Crippen LogP contribution in [0.4, 0.5) is 0 Å². The van der Waals surface area contributed by atoms with Crippen molar-refractivity contribution in [2.24, 2.45) is 50.2 Å². The molecule has 5 heteroatoms. The summed E-state index contributed by atoms with van der Waals surface area (Å²) in [6.07, 6.45) is 8.80. The summed E-state index contributed by atoms with van der Waals surface area (Å²) >= 11 is 0. The number of fused-ring (bicyclic) bond motifs is 7. The predicted octanol–water partition coefficient (Wildman–Crippen LogP) is 5.39. The molecule has 9 unspecified atom stereocenters. The maximum atomic E-state index is 13.0. The van der Waals surface area contributed by atoms with Crippen molar-refractivity contribution >= 4 is 11.8 Å². The van der Waals surface area contributed by atoms with E-state index in [1.165, 1.54) is 5.57 Å². The second-order valence-electron chi connectivity index (χ2n) is 14.8. The van der Waals surface area contributed by atoms with Crippen molar-refractivity contribution in [2.75, 3.05) is 6.61 Å². The van der Waals surface area contributed by atoms with Crippen LogP contribution < -0.4 is 0 Å². The fourth-order valence-electron chi connectivity index (χ4n) is 10.6. The zero-order valence-electron chi connectivity index (χ0n) is 22.6. The third-order valence-electron chi connectivity index (χ3n) is 12.9. The minimum Gasteiger partial charge on any atom is -0.481 e. The molecule has 5 nitrogen and oxygen atoms in total. The second kappa shape index (κ2) is 7.43. The van der Waals surface area contributed by atoms with Gasteiger partial charge in [-0.3, -0.25) is 9.59 Å². The van der Waals surface area contributed by atoms with Crippen LogP contribution in [0.3, 0.4) is 0 Å². The number of carboxylic acids is 1. The standard InChI is InChI=1S/C30H46O5/c1-25(2)11-13-30(24(34)35)14-12-28(5)18(19(30)15-25)7-8-22-26(3)16-20(32)23(33)27(4,17-31)21(26)9-10-29(22,28)6/h7,19-22,31-32H,8-17H2,1-6H3,(H,34,35). The summed E-state index contributed by atoms with van der Waals surface area (Å²) in [5.74, 6) is -0.408. The number of ketones is 1. The van der Waals surface area contributed by atoms with Crippen LogP contribution in [0.25, 0.3) is 0 Å². The number of Topliss-reactive ketones (excluding diaryl/α,β-unsaturated/α-hetero) is 1. The van der Waals surface area contributed by atoms with E-state index in [2.05, 4.69) is 40.7 Å². The lowest BCUT2D eigenvalue weighted by molar-refractivity contribution is -0.206. The molecule has 5 aliphatic rings. The summed E-state index contributed by atoms with van der Waals surface area (Å²) in [4.78, 5) is 25.8. The minimum absolute atomic E-state index is 0.0366. The highest BCUT2D eigenvalue weighted by Gasteiger charge is 2.70. The van der Waals surface area contributed by atoms with E-state index in [1.807, 2.05) is 6.92 Å². The number of hydrogen-bond donors (Lipinski definition) is 3. The van der Waals surface area contributed by atoms with Crippen LogP contribution in [0.5, 0.6) is 0 Å². The van der Waals surface area contributed by atoms with Gasteiger partial charge in [-0.25, -0.2) is 0 Å². The molecule has 0 aromatic heterocycles. The average molecular weight is 487 g/mol. The molecule has 4 saturated carbocycles. The normalized spacial score (nSPS) is 52.9. The van der Waals surface area contributed by atoms with E-state index in [4.69, 9.17) is 0 Å². The topological polar surface area (TPSA) is 94.8 Å². The maximum Gasteiger partial charge on any atom is 0.310 e. The summed E-state index contributed by atoms with van der Waals surface area (Å²) in [5, 5.41) is 31.7. The Balaban J connectivity index is 1.61. The number of hydrogen-bond acceptors (Lipinski definition) is 4. The quantitative estimate of drug-likeness (QED) is 0.455. The molecular weight excluding hydrogens is 440 g/mol. The van der Waals surface area contributed by atoms with Gasteiger partial charge in [-0.05, 0) is 97.2 Å². The van der Waals surface area contributed by atoms with Gasteiger partial charge >= 0.3 is 5.97 Å². The molecule has 9 atom stereocenters. The van der Waals surface area contributed by atoms with Crippen LogP contribution in [-0.4, -0.2) is 39.8 Å². The van der Waals surface area contributed by atoms with Gasteiger partial charge in [-0.2, -0.15) is 0 Å². The van der Waals surface area contributed by atoms with Gasteiger partial charge in [-0.1, -0.05) is 53.2 Å². The molecule has 0 heterocycles. The molecule has 0 aliphatic heterocycles. The molecule has 3 N–H and O–H groups in total. The first-order valence-corrected chi connectivity index (χ1v) is 13.9. The molecule has 0 saturated heterocycles. The fourth-order valence-corrected chi connectivity index (χ4v) is 10.6. The van der Waals surface area contributed by atoms with Gasteiger partial charge < -0.3 is 15.3 Å². The number of carboxylic acid groups (broad SMARTS) is 1. The highest BCUT2D eigenvalue weighted by molar-refractivity contribution is 5.90. The first kappa shape index (κ1) is 25.4. The summed E-state index contributed by atoms with van der Waals surface area (Å²) < 4.78 is 0. The molecule has 0 aromatic rings. The number of carbonyl (C=O) groups is 2. The number of aliphatic hydroxyl groups is 2. The van der Waals surface area contributed by atoms with E-state index in [0.29, 0.717) is 6.42 Å². The van der Waals surface area contributed by atoms with E-state index < -0.39 is 22.9 Å². The Hall–Kier alpha value is -1.20. The Labute approximate surface area is 210 Å². The molecule has 5 aliphatic carbocycles. The Kier molecular flexibility index (Phi) is 5.40. The van der Waals surface area contributed by atoms with Crippen LogP contribution in [0.2, 0.25) is 0 Å². The van der Waals surface area contributed by atoms with E-state index in [-0.39, 0.29) is 51.8 Å². The minimum atomic E-state index is -1.03. The van der Waals surface area contributed by atoms with Crippen LogP contribution >= 0.6 is 0 Å². The number of rotatable bonds is 2. The zero-order chi connectivity index (χ0) is 25.8. The van der Waals surface area contributed by atoms with E-state index in [0.717, 1.165) is 51.4 Å². The van der Waals surface area contributed by atoms with E-state index >= 15 is 0 Å². The Bertz CT molecular complexity index is 983. The molecule has 0 amide bonds. The van der Waals surface area contributed by atoms with Gasteiger partial charge in [-0.15, -0.1) is 0 Å². The molecule has 4 fully saturated rings. The monoisotopic (exact) mass is 486 g/mol. The lowest BCUT2D eigenvalue weighted by Crippen LogP contribution is -2.67. The summed E-state index contributed by atoms with van der Waals surface area (Å²) in [6.45, 7) is 13.3. The van der Waals surface area contributed by atoms with Crippen molar-refractivity contribution in [3.8, 4) is 0 Å². The lowest BCUT2D eigenvalue weighted by atomic mass is 9.33.